The number of nitrogen functional groups attached to an aromatic ring is 1. The van der Waals surface area contributed by atoms with Gasteiger partial charge in [0.25, 0.3) is 0 Å². The Morgan fingerprint density at radius 1 is 1.25 bits per heavy atom. The molecule has 1 unspecified atom stereocenters. The van der Waals surface area contributed by atoms with Gasteiger partial charge in [0.1, 0.15) is 5.82 Å². The Morgan fingerprint density at radius 2 is 1.85 bits per heavy atom. The Kier molecular flexibility index (Phi) is 6.43. The van der Waals surface area contributed by atoms with Crippen LogP contribution >= 0.6 is 0 Å². The highest BCUT2D eigenvalue weighted by Crippen LogP contribution is 2.30. The summed E-state index contributed by atoms with van der Waals surface area (Å²) in [6, 6.07) is 3.78. The first-order valence-electron chi connectivity index (χ1n) is 7.67. The molecule has 0 spiro atoms. The minimum atomic E-state index is -0.404. The van der Waals surface area contributed by atoms with Crippen LogP contribution in [0.25, 0.3) is 0 Å². The summed E-state index contributed by atoms with van der Waals surface area (Å²) in [6.07, 6.45) is 3.79. The van der Waals surface area contributed by atoms with Gasteiger partial charge in [-0.1, -0.05) is 27.7 Å². The number of hydrogen-bond acceptors (Lipinski definition) is 4. The molecule has 20 heavy (non-hydrogen) atoms. The quantitative estimate of drug-likeness (QED) is 0.767. The van der Waals surface area contributed by atoms with Gasteiger partial charge < -0.3 is 10.8 Å². The Hall–Kier alpha value is -1.13. The molecule has 0 saturated carbocycles. The lowest BCUT2D eigenvalue weighted by Crippen LogP contribution is -2.56. The van der Waals surface area contributed by atoms with E-state index in [1.54, 1.807) is 6.20 Å². The monoisotopic (exact) mass is 279 g/mol. The van der Waals surface area contributed by atoms with Gasteiger partial charge >= 0.3 is 0 Å². The lowest BCUT2D eigenvalue weighted by molar-refractivity contribution is -0.0340. The van der Waals surface area contributed by atoms with Gasteiger partial charge in [-0.25, -0.2) is 4.98 Å². The van der Waals surface area contributed by atoms with Crippen molar-refractivity contribution in [3.05, 3.63) is 23.9 Å². The molecule has 0 saturated heterocycles. The molecule has 0 fully saturated rings. The molecule has 4 heteroatoms. The number of likely N-dealkylation sites (N-methyl/N-ethyl adjacent to an activating group) is 1. The van der Waals surface area contributed by atoms with Crippen molar-refractivity contribution in [2.24, 2.45) is 0 Å². The minimum Gasteiger partial charge on any atom is -0.391 e. The molecule has 0 aliphatic heterocycles. The van der Waals surface area contributed by atoms with E-state index in [9.17, 15) is 5.11 Å². The van der Waals surface area contributed by atoms with Crippen LogP contribution in [-0.2, 0) is 6.42 Å². The van der Waals surface area contributed by atoms with E-state index in [4.69, 9.17) is 5.73 Å². The fourth-order valence-corrected chi connectivity index (χ4v) is 3.27. The zero-order chi connectivity index (χ0) is 15.2. The number of aliphatic hydroxyl groups is 1. The SMILES string of the molecule is CCN(CC)C(CC)(CC)C(O)Cc1ccnc(N)c1. The maximum atomic E-state index is 10.8. The van der Waals surface area contributed by atoms with Crippen LogP contribution in [0.5, 0.6) is 0 Å². The molecule has 1 rings (SSSR count). The van der Waals surface area contributed by atoms with Crippen LogP contribution in [0.4, 0.5) is 5.82 Å². The smallest absolute Gasteiger partial charge is 0.123 e. The zero-order valence-corrected chi connectivity index (χ0v) is 13.3. The number of aliphatic hydroxyl groups excluding tert-OH is 1. The highest BCUT2D eigenvalue weighted by atomic mass is 16.3. The Labute approximate surface area is 123 Å². The summed E-state index contributed by atoms with van der Waals surface area (Å²) in [5.74, 6) is 0.510. The van der Waals surface area contributed by atoms with Crippen LogP contribution in [-0.4, -0.2) is 39.7 Å². The summed E-state index contributed by atoms with van der Waals surface area (Å²) in [5.41, 5.74) is 6.60. The average Bonchev–Trinajstić information content (AvgIpc) is 2.44. The van der Waals surface area contributed by atoms with Gasteiger partial charge in [-0.15, -0.1) is 0 Å². The summed E-state index contributed by atoms with van der Waals surface area (Å²) in [6.45, 7) is 10.5. The Balaban J connectivity index is 2.96. The van der Waals surface area contributed by atoms with Crippen molar-refractivity contribution in [1.82, 2.24) is 9.88 Å². The first-order valence-corrected chi connectivity index (χ1v) is 7.67. The van der Waals surface area contributed by atoms with Gasteiger partial charge in [0, 0.05) is 18.2 Å². The predicted molar refractivity (Wildman–Crippen MR) is 84.6 cm³/mol. The number of anilines is 1. The number of nitrogens with two attached hydrogens (primary N) is 1. The van der Waals surface area contributed by atoms with Gasteiger partial charge in [-0.2, -0.15) is 0 Å². The second-order valence-electron chi connectivity index (χ2n) is 5.29. The average molecular weight is 279 g/mol. The van der Waals surface area contributed by atoms with Crippen molar-refractivity contribution in [3.63, 3.8) is 0 Å². The Bertz CT molecular complexity index is 400. The van der Waals surface area contributed by atoms with Crippen LogP contribution in [0.3, 0.4) is 0 Å². The largest absolute Gasteiger partial charge is 0.391 e. The van der Waals surface area contributed by atoms with Crippen molar-refractivity contribution in [1.29, 1.82) is 0 Å². The molecule has 114 valence electrons. The van der Waals surface area contributed by atoms with Gasteiger partial charge in [0.15, 0.2) is 0 Å². The molecule has 3 N–H and O–H groups in total. The number of pyridine rings is 1. The van der Waals surface area contributed by atoms with Crippen LogP contribution in [0.15, 0.2) is 18.3 Å². The van der Waals surface area contributed by atoms with Crippen molar-refractivity contribution in [2.45, 2.75) is 58.6 Å². The second kappa shape index (κ2) is 7.60. The number of nitrogens with zero attached hydrogens (tertiary/aromatic N) is 2. The molecule has 1 aromatic heterocycles. The third kappa shape index (κ3) is 3.49. The van der Waals surface area contributed by atoms with Crippen molar-refractivity contribution in [3.8, 4) is 0 Å². The van der Waals surface area contributed by atoms with Crippen LogP contribution in [0.1, 0.15) is 46.1 Å². The van der Waals surface area contributed by atoms with Gasteiger partial charge in [-0.3, -0.25) is 4.90 Å². The van der Waals surface area contributed by atoms with Crippen molar-refractivity contribution in [2.75, 3.05) is 18.8 Å². The molecule has 4 nitrogen and oxygen atoms in total. The number of rotatable bonds is 8. The normalized spacial score (nSPS) is 13.7. The lowest BCUT2D eigenvalue weighted by atomic mass is 9.81. The van der Waals surface area contributed by atoms with E-state index < -0.39 is 6.10 Å². The molecule has 0 aromatic carbocycles. The minimum absolute atomic E-state index is 0.165. The Morgan fingerprint density at radius 3 is 2.30 bits per heavy atom. The fraction of sp³-hybridized carbons (Fsp3) is 0.688. The molecule has 0 aliphatic rings. The molecule has 0 bridgehead atoms. The van der Waals surface area contributed by atoms with E-state index >= 15 is 0 Å². The molecule has 1 heterocycles. The summed E-state index contributed by atoms with van der Waals surface area (Å²) >= 11 is 0. The fourth-order valence-electron chi connectivity index (χ4n) is 3.27. The zero-order valence-electron chi connectivity index (χ0n) is 13.3. The summed E-state index contributed by atoms with van der Waals surface area (Å²) in [7, 11) is 0. The summed E-state index contributed by atoms with van der Waals surface area (Å²) in [4.78, 5) is 6.38. The first-order chi connectivity index (χ1) is 9.53. The highest BCUT2D eigenvalue weighted by molar-refractivity contribution is 5.32. The van der Waals surface area contributed by atoms with Crippen LogP contribution in [0.2, 0.25) is 0 Å². The molecule has 0 amide bonds. The summed E-state index contributed by atoms with van der Waals surface area (Å²) in [5, 5.41) is 10.8. The highest BCUT2D eigenvalue weighted by Gasteiger charge is 2.38. The summed E-state index contributed by atoms with van der Waals surface area (Å²) < 4.78 is 0. The van der Waals surface area contributed by atoms with Crippen LogP contribution < -0.4 is 5.73 Å². The second-order valence-corrected chi connectivity index (χ2v) is 5.29. The standard InChI is InChI=1S/C16H29N3O/c1-5-16(6-2,19(7-3)8-4)14(20)11-13-9-10-18-15(17)12-13/h9-10,12,14,20H,5-8,11H2,1-4H3,(H2,17,18). The molecule has 1 atom stereocenters. The van der Waals surface area contributed by atoms with E-state index in [1.807, 2.05) is 12.1 Å². The maximum Gasteiger partial charge on any atom is 0.123 e. The molecular weight excluding hydrogens is 250 g/mol. The van der Waals surface area contributed by atoms with E-state index in [2.05, 4.69) is 37.6 Å². The number of aromatic nitrogens is 1. The van der Waals surface area contributed by atoms with Gasteiger partial charge in [0.2, 0.25) is 0 Å². The number of hydrogen-bond donors (Lipinski definition) is 2. The lowest BCUT2D eigenvalue weighted by Gasteiger charge is -2.46. The van der Waals surface area contributed by atoms with Crippen molar-refractivity contribution >= 4 is 5.82 Å². The first kappa shape index (κ1) is 16.9. The topological polar surface area (TPSA) is 62.4 Å². The molecule has 1 aromatic rings. The van der Waals surface area contributed by atoms with E-state index in [1.165, 1.54) is 0 Å². The van der Waals surface area contributed by atoms with E-state index in [0.717, 1.165) is 31.5 Å². The van der Waals surface area contributed by atoms with E-state index in [0.29, 0.717) is 12.2 Å². The van der Waals surface area contributed by atoms with Gasteiger partial charge in [0.05, 0.1) is 6.10 Å². The third-order valence-corrected chi connectivity index (χ3v) is 4.51. The third-order valence-electron chi connectivity index (χ3n) is 4.51. The van der Waals surface area contributed by atoms with Crippen LogP contribution in [0, 0.1) is 0 Å². The van der Waals surface area contributed by atoms with Crippen molar-refractivity contribution < 1.29 is 5.11 Å². The molecule has 0 radical (unpaired) electrons. The van der Waals surface area contributed by atoms with Gasteiger partial charge in [-0.05, 0) is 43.6 Å². The van der Waals surface area contributed by atoms with E-state index in [-0.39, 0.29) is 5.54 Å². The molecule has 0 aliphatic carbocycles. The predicted octanol–water partition coefficient (Wildman–Crippen LogP) is 2.47. The maximum absolute atomic E-state index is 10.8. The molecular formula is C16H29N3O.